The second kappa shape index (κ2) is 8.13. The highest BCUT2D eigenvalue weighted by Gasteiger charge is 2.19. The molecule has 0 aliphatic heterocycles. The van der Waals surface area contributed by atoms with E-state index in [9.17, 15) is 13.6 Å². The number of benzene rings is 2. The first-order valence-electron chi connectivity index (χ1n) is 9.58. The zero-order valence-corrected chi connectivity index (χ0v) is 17.1. The third-order valence-electron chi connectivity index (χ3n) is 4.95. The monoisotopic (exact) mass is 419 g/mol. The van der Waals surface area contributed by atoms with Gasteiger partial charge in [0.05, 0.1) is 34.4 Å². The number of nitrogens with zero attached hydrogens (tertiary/aromatic N) is 4. The molecule has 4 aromatic rings. The molecule has 0 saturated carbocycles. The number of rotatable bonds is 3. The van der Waals surface area contributed by atoms with E-state index in [2.05, 4.69) is 27.2 Å². The van der Waals surface area contributed by atoms with Crippen LogP contribution < -0.4 is 10.9 Å². The Morgan fingerprint density at radius 2 is 1.94 bits per heavy atom. The second-order valence-corrected chi connectivity index (χ2v) is 7.07. The van der Waals surface area contributed by atoms with Crippen LogP contribution in [0.1, 0.15) is 29.9 Å². The van der Waals surface area contributed by atoms with Gasteiger partial charge in [-0.1, -0.05) is 17.9 Å². The SMILES string of the molecule is CNC(C)c1nc2cccc(C#Cc3cnn(C)c3)c2c(=O)n1-c1ccc(F)c(F)c1. The van der Waals surface area contributed by atoms with Crippen molar-refractivity contribution in [2.45, 2.75) is 13.0 Å². The van der Waals surface area contributed by atoms with Crippen molar-refractivity contribution >= 4 is 10.9 Å². The summed E-state index contributed by atoms with van der Waals surface area (Å²) in [5.74, 6) is 4.35. The second-order valence-electron chi connectivity index (χ2n) is 7.07. The molecular weight excluding hydrogens is 400 g/mol. The van der Waals surface area contributed by atoms with E-state index >= 15 is 0 Å². The van der Waals surface area contributed by atoms with Crippen LogP contribution in [-0.2, 0) is 7.05 Å². The van der Waals surface area contributed by atoms with E-state index in [1.807, 2.05) is 6.92 Å². The maximum absolute atomic E-state index is 14.0. The highest BCUT2D eigenvalue weighted by molar-refractivity contribution is 5.85. The van der Waals surface area contributed by atoms with Crippen molar-refractivity contribution < 1.29 is 8.78 Å². The Balaban J connectivity index is 2.01. The number of hydrogen-bond acceptors (Lipinski definition) is 4. The van der Waals surface area contributed by atoms with Gasteiger partial charge in [0, 0.05) is 24.9 Å². The molecule has 156 valence electrons. The van der Waals surface area contributed by atoms with E-state index < -0.39 is 17.2 Å². The fraction of sp³-hybridized carbons (Fsp3) is 0.174. The predicted octanol–water partition coefficient (Wildman–Crippen LogP) is 3.08. The van der Waals surface area contributed by atoms with Crippen LogP contribution in [0.3, 0.4) is 0 Å². The zero-order chi connectivity index (χ0) is 22.1. The van der Waals surface area contributed by atoms with Crippen molar-refractivity contribution in [3.05, 3.63) is 87.7 Å². The molecule has 8 heteroatoms. The Hall–Kier alpha value is -3.83. The van der Waals surface area contributed by atoms with E-state index in [1.54, 1.807) is 49.4 Å². The van der Waals surface area contributed by atoms with Crippen LogP contribution in [0.4, 0.5) is 8.78 Å². The topological polar surface area (TPSA) is 64.7 Å². The fourth-order valence-corrected chi connectivity index (χ4v) is 3.27. The van der Waals surface area contributed by atoms with Crippen molar-refractivity contribution in [2.24, 2.45) is 7.05 Å². The molecule has 1 atom stereocenters. The molecule has 0 saturated heterocycles. The number of aryl methyl sites for hydroxylation is 1. The Kier molecular flexibility index (Phi) is 5.36. The largest absolute Gasteiger partial charge is 0.311 e. The van der Waals surface area contributed by atoms with Crippen LogP contribution in [0, 0.1) is 23.5 Å². The summed E-state index contributed by atoms with van der Waals surface area (Å²) < 4.78 is 30.4. The Morgan fingerprint density at radius 3 is 2.61 bits per heavy atom. The van der Waals surface area contributed by atoms with Gasteiger partial charge in [0.15, 0.2) is 11.6 Å². The van der Waals surface area contributed by atoms with Gasteiger partial charge in [-0.15, -0.1) is 0 Å². The minimum atomic E-state index is -1.04. The summed E-state index contributed by atoms with van der Waals surface area (Å²) >= 11 is 0. The van der Waals surface area contributed by atoms with Gasteiger partial charge in [0.2, 0.25) is 0 Å². The minimum Gasteiger partial charge on any atom is -0.311 e. The van der Waals surface area contributed by atoms with Gasteiger partial charge in [-0.3, -0.25) is 14.0 Å². The molecule has 2 aromatic heterocycles. The Bertz CT molecular complexity index is 1410. The summed E-state index contributed by atoms with van der Waals surface area (Å²) in [6, 6.07) is 8.23. The van der Waals surface area contributed by atoms with Gasteiger partial charge in [-0.2, -0.15) is 5.10 Å². The summed E-state index contributed by atoms with van der Waals surface area (Å²) in [7, 11) is 3.52. The average Bonchev–Trinajstić information content (AvgIpc) is 3.18. The smallest absolute Gasteiger partial charge is 0.267 e. The van der Waals surface area contributed by atoms with Crippen molar-refractivity contribution in [1.29, 1.82) is 0 Å². The predicted molar refractivity (Wildman–Crippen MR) is 114 cm³/mol. The minimum absolute atomic E-state index is 0.186. The van der Waals surface area contributed by atoms with Crippen molar-refractivity contribution in [3.8, 4) is 17.5 Å². The lowest BCUT2D eigenvalue weighted by Gasteiger charge is -2.18. The number of aromatic nitrogens is 4. The van der Waals surface area contributed by atoms with Gasteiger partial charge in [0.25, 0.3) is 5.56 Å². The van der Waals surface area contributed by atoms with E-state index in [0.29, 0.717) is 27.9 Å². The van der Waals surface area contributed by atoms with Crippen molar-refractivity contribution in [2.75, 3.05) is 7.05 Å². The van der Waals surface area contributed by atoms with Crippen molar-refractivity contribution in [3.63, 3.8) is 0 Å². The van der Waals surface area contributed by atoms with Gasteiger partial charge in [0.1, 0.15) is 5.82 Å². The van der Waals surface area contributed by atoms with Crippen LogP contribution in [0.15, 0.2) is 53.6 Å². The third kappa shape index (κ3) is 3.83. The van der Waals surface area contributed by atoms with Crippen molar-refractivity contribution in [1.82, 2.24) is 24.6 Å². The highest BCUT2D eigenvalue weighted by atomic mass is 19.2. The van der Waals surface area contributed by atoms with Crippen LogP contribution >= 0.6 is 0 Å². The molecule has 0 aliphatic carbocycles. The molecule has 1 N–H and O–H groups in total. The first kappa shape index (κ1) is 20.4. The number of nitrogens with one attached hydrogen (secondary N) is 1. The average molecular weight is 419 g/mol. The Morgan fingerprint density at radius 1 is 1.13 bits per heavy atom. The molecule has 4 rings (SSSR count). The Labute approximate surface area is 177 Å². The van der Waals surface area contributed by atoms with Gasteiger partial charge < -0.3 is 5.32 Å². The number of hydrogen-bond donors (Lipinski definition) is 1. The maximum Gasteiger partial charge on any atom is 0.267 e. The zero-order valence-electron chi connectivity index (χ0n) is 17.1. The van der Waals surface area contributed by atoms with Crippen LogP contribution in [0.2, 0.25) is 0 Å². The maximum atomic E-state index is 14.0. The molecular formula is C23H19F2N5O. The molecule has 0 radical (unpaired) electrons. The van der Waals surface area contributed by atoms with E-state index in [4.69, 9.17) is 0 Å². The molecule has 0 aliphatic rings. The molecule has 1 unspecified atom stereocenters. The summed E-state index contributed by atoms with van der Waals surface area (Å²) in [5.41, 5.74) is 1.43. The molecule has 0 spiro atoms. The molecule has 6 nitrogen and oxygen atoms in total. The lowest BCUT2D eigenvalue weighted by atomic mass is 10.1. The number of fused-ring (bicyclic) bond motifs is 1. The molecule has 0 bridgehead atoms. The summed E-state index contributed by atoms with van der Waals surface area (Å²) in [6.45, 7) is 1.83. The van der Waals surface area contributed by atoms with Crippen LogP contribution in [-0.4, -0.2) is 26.4 Å². The lowest BCUT2D eigenvalue weighted by molar-refractivity contribution is 0.507. The van der Waals surface area contributed by atoms with Gasteiger partial charge in [-0.05, 0) is 38.2 Å². The lowest BCUT2D eigenvalue weighted by Crippen LogP contribution is -2.29. The molecule has 2 heterocycles. The quantitative estimate of drug-likeness (QED) is 0.519. The van der Waals surface area contributed by atoms with Crippen LogP contribution in [0.5, 0.6) is 0 Å². The normalized spacial score (nSPS) is 11.9. The first-order valence-corrected chi connectivity index (χ1v) is 9.58. The fourth-order valence-electron chi connectivity index (χ4n) is 3.27. The summed E-state index contributed by atoms with van der Waals surface area (Å²) in [6.07, 6.45) is 3.39. The van der Waals surface area contributed by atoms with Crippen LogP contribution in [0.25, 0.3) is 16.6 Å². The molecule has 31 heavy (non-hydrogen) atoms. The number of halogens is 2. The highest BCUT2D eigenvalue weighted by Crippen LogP contribution is 2.21. The van der Waals surface area contributed by atoms with Gasteiger partial charge >= 0.3 is 0 Å². The van der Waals surface area contributed by atoms with E-state index in [1.165, 1.54) is 10.6 Å². The van der Waals surface area contributed by atoms with E-state index in [0.717, 1.165) is 12.1 Å². The first-order chi connectivity index (χ1) is 14.9. The molecule has 2 aromatic carbocycles. The van der Waals surface area contributed by atoms with Gasteiger partial charge in [-0.25, -0.2) is 13.8 Å². The third-order valence-corrected chi connectivity index (χ3v) is 4.95. The summed E-state index contributed by atoms with van der Waals surface area (Å²) in [4.78, 5) is 18.3. The molecule has 0 fully saturated rings. The standard InChI is InChI=1S/C23H19F2N5O/c1-14(26-2)22-28-20-6-4-5-16(8-7-15-12-27-29(3)13-15)21(20)23(31)30(22)17-9-10-18(24)19(25)11-17/h4-6,9-14,26H,1-3H3. The van der Waals surface area contributed by atoms with E-state index in [-0.39, 0.29) is 11.7 Å². The summed E-state index contributed by atoms with van der Waals surface area (Å²) in [5, 5.41) is 7.43. The molecule has 0 amide bonds.